The van der Waals surface area contributed by atoms with Crippen LogP contribution in [0.15, 0.2) is 47.0 Å². The first-order chi connectivity index (χ1) is 10.2. The van der Waals surface area contributed by atoms with Crippen molar-refractivity contribution in [2.75, 3.05) is 5.73 Å². The maximum Gasteiger partial charge on any atom is 0.261 e. The second-order valence-corrected chi connectivity index (χ2v) is 4.71. The van der Waals surface area contributed by atoms with Crippen molar-refractivity contribution in [3.05, 3.63) is 53.8 Å². The predicted molar refractivity (Wildman–Crippen MR) is 78.9 cm³/mol. The molecular formula is C16H14FN3O. The molecule has 0 saturated carbocycles. The highest BCUT2D eigenvalue weighted by Crippen LogP contribution is 2.25. The first-order valence-corrected chi connectivity index (χ1v) is 6.66. The third-order valence-electron chi connectivity index (χ3n) is 3.27. The molecule has 0 radical (unpaired) electrons. The van der Waals surface area contributed by atoms with E-state index in [1.807, 2.05) is 24.3 Å². The van der Waals surface area contributed by atoms with Gasteiger partial charge in [0.15, 0.2) is 0 Å². The molecule has 0 aliphatic rings. The number of aromatic nitrogens is 2. The highest BCUT2D eigenvalue weighted by Gasteiger charge is 2.14. The van der Waals surface area contributed by atoms with Gasteiger partial charge in [-0.15, -0.1) is 0 Å². The van der Waals surface area contributed by atoms with Crippen LogP contribution in [0, 0.1) is 5.82 Å². The Morgan fingerprint density at radius 2 is 1.90 bits per heavy atom. The molecule has 0 spiro atoms. The number of aryl methyl sites for hydroxylation is 1. The van der Waals surface area contributed by atoms with E-state index in [1.54, 1.807) is 6.07 Å². The molecule has 5 heteroatoms. The minimum atomic E-state index is -0.480. The van der Waals surface area contributed by atoms with Crippen LogP contribution in [0.3, 0.4) is 0 Å². The van der Waals surface area contributed by atoms with Crippen molar-refractivity contribution >= 4 is 5.69 Å². The van der Waals surface area contributed by atoms with Crippen LogP contribution in [-0.4, -0.2) is 10.1 Å². The van der Waals surface area contributed by atoms with Gasteiger partial charge in [0, 0.05) is 11.3 Å². The number of hydrogen-bond acceptors (Lipinski definition) is 4. The SMILES string of the molecule is CCc1ccc(-c2noc(-c3ccc(N)cc3F)n2)cc1. The van der Waals surface area contributed by atoms with Crippen LogP contribution >= 0.6 is 0 Å². The molecule has 3 rings (SSSR count). The average molecular weight is 283 g/mol. The Morgan fingerprint density at radius 1 is 1.14 bits per heavy atom. The van der Waals surface area contributed by atoms with Crippen LogP contribution in [0.2, 0.25) is 0 Å². The van der Waals surface area contributed by atoms with Gasteiger partial charge in [-0.05, 0) is 30.2 Å². The van der Waals surface area contributed by atoms with E-state index in [4.69, 9.17) is 10.3 Å². The van der Waals surface area contributed by atoms with E-state index in [0.29, 0.717) is 11.5 Å². The fourth-order valence-electron chi connectivity index (χ4n) is 2.04. The van der Waals surface area contributed by atoms with E-state index in [1.165, 1.54) is 17.7 Å². The number of nitrogen functional groups attached to an aromatic ring is 1. The van der Waals surface area contributed by atoms with Crippen LogP contribution in [0.5, 0.6) is 0 Å². The number of nitrogens with zero attached hydrogens (tertiary/aromatic N) is 2. The van der Waals surface area contributed by atoms with Crippen LogP contribution in [-0.2, 0) is 6.42 Å². The van der Waals surface area contributed by atoms with Gasteiger partial charge in [0.25, 0.3) is 5.89 Å². The zero-order chi connectivity index (χ0) is 14.8. The molecule has 0 unspecified atom stereocenters. The van der Waals surface area contributed by atoms with Crippen molar-refractivity contribution in [1.82, 2.24) is 10.1 Å². The van der Waals surface area contributed by atoms with Gasteiger partial charge in [-0.25, -0.2) is 4.39 Å². The predicted octanol–water partition coefficient (Wildman–Crippen LogP) is 3.69. The third kappa shape index (κ3) is 2.63. The summed E-state index contributed by atoms with van der Waals surface area (Å²) in [5.41, 5.74) is 8.18. The van der Waals surface area contributed by atoms with Crippen molar-refractivity contribution in [2.45, 2.75) is 13.3 Å². The smallest absolute Gasteiger partial charge is 0.261 e. The fourth-order valence-corrected chi connectivity index (χ4v) is 2.04. The summed E-state index contributed by atoms with van der Waals surface area (Å²) in [6, 6.07) is 12.2. The molecule has 0 aliphatic carbocycles. The van der Waals surface area contributed by atoms with E-state index >= 15 is 0 Å². The largest absolute Gasteiger partial charge is 0.399 e. The fraction of sp³-hybridized carbons (Fsp3) is 0.125. The summed E-state index contributed by atoms with van der Waals surface area (Å²) < 4.78 is 19.0. The Balaban J connectivity index is 1.95. The molecule has 0 aliphatic heterocycles. The lowest BCUT2D eigenvalue weighted by Crippen LogP contribution is -1.89. The van der Waals surface area contributed by atoms with Gasteiger partial charge >= 0.3 is 0 Å². The maximum absolute atomic E-state index is 13.8. The van der Waals surface area contributed by atoms with Gasteiger partial charge in [0.2, 0.25) is 5.82 Å². The Hall–Kier alpha value is -2.69. The quantitative estimate of drug-likeness (QED) is 0.744. The molecule has 1 heterocycles. The minimum absolute atomic E-state index is 0.141. The Bertz CT molecular complexity index is 765. The van der Waals surface area contributed by atoms with E-state index in [9.17, 15) is 4.39 Å². The molecule has 2 aromatic carbocycles. The second kappa shape index (κ2) is 5.36. The number of benzene rings is 2. The van der Waals surface area contributed by atoms with Gasteiger partial charge in [-0.3, -0.25) is 0 Å². The van der Waals surface area contributed by atoms with E-state index in [2.05, 4.69) is 17.1 Å². The summed E-state index contributed by atoms with van der Waals surface area (Å²) in [5.74, 6) is 0.0949. The van der Waals surface area contributed by atoms with Crippen LogP contribution in [0.4, 0.5) is 10.1 Å². The summed E-state index contributed by atoms with van der Waals surface area (Å²) in [4.78, 5) is 4.24. The van der Waals surface area contributed by atoms with Crippen molar-refractivity contribution < 1.29 is 8.91 Å². The highest BCUT2D eigenvalue weighted by molar-refractivity contribution is 5.62. The van der Waals surface area contributed by atoms with E-state index in [0.717, 1.165) is 12.0 Å². The molecule has 106 valence electrons. The Labute approximate surface area is 121 Å². The van der Waals surface area contributed by atoms with Crippen molar-refractivity contribution in [1.29, 1.82) is 0 Å². The van der Waals surface area contributed by atoms with Gasteiger partial charge < -0.3 is 10.3 Å². The first kappa shape index (κ1) is 13.3. The molecule has 0 bridgehead atoms. The molecule has 1 aromatic heterocycles. The van der Waals surface area contributed by atoms with Crippen molar-refractivity contribution in [3.8, 4) is 22.8 Å². The number of halogens is 1. The zero-order valence-electron chi connectivity index (χ0n) is 11.5. The Kier molecular flexibility index (Phi) is 3.39. The maximum atomic E-state index is 13.8. The summed E-state index contributed by atoms with van der Waals surface area (Å²) in [6.07, 6.45) is 0.967. The number of nitrogens with two attached hydrogens (primary N) is 1. The van der Waals surface area contributed by atoms with Crippen LogP contribution in [0.25, 0.3) is 22.8 Å². The monoisotopic (exact) mass is 283 g/mol. The first-order valence-electron chi connectivity index (χ1n) is 6.66. The molecule has 2 N–H and O–H groups in total. The summed E-state index contributed by atoms with van der Waals surface area (Å²) in [6.45, 7) is 2.09. The molecule has 0 fully saturated rings. The standard InChI is InChI=1S/C16H14FN3O/c1-2-10-3-5-11(6-4-10)15-19-16(21-20-15)13-8-7-12(18)9-14(13)17/h3-9H,2,18H2,1H3. The molecule has 0 atom stereocenters. The Morgan fingerprint density at radius 3 is 2.57 bits per heavy atom. The molecular weight excluding hydrogens is 269 g/mol. The van der Waals surface area contributed by atoms with E-state index in [-0.39, 0.29) is 11.5 Å². The van der Waals surface area contributed by atoms with Gasteiger partial charge in [0.1, 0.15) is 5.82 Å². The minimum Gasteiger partial charge on any atom is -0.399 e. The third-order valence-corrected chi connectivity index (χ3v) is 3.27. The molecule has 21 heavy (non-hydrogen) atoms. The van der Waals surface area contributed by atoms with Crippen molar-refractivity contribution in [2.24, 2.45) is 0 Å². The molecule has 0 saturated heterocycles. The lowest BCUT2D eigenvalue weighted by molar-refractivity contribution is 0.429. The van der Waals surface area contributed by atoms with E-state index < -0.39 is 5.82 Å². The molecule has 4 nitrogen and oxygen atoms in total. The zero-order valence-corrected chi connectivity index (χ0v) is 11.5. The number of anilines is 1. The molecule has 0 amide bonds. The lowest BCUT2D eigenvalue weighted by atomic mass is 10.1. The van der Waals surface area contributed by atoms with Crippen molar-refractivity contribution in [3.63, 3.8) is 0 Å². The van der Waals surface area contributed by atoms with Crippen LogP contribution in [0.1, 0.15) is 12.5 Å². The topological polar surface area (TPSA) is 64.9 Å². The lowest BCUT2D eigenvalue weighted by Gasteiger charge is -1.98. The number of hydrogen-bond donors (Lipinski definition) is 1. The summed E-state index contributed by atoms with van der Waals surface area (Å²) in [7, 11) is 0. The van der Waals surface area contributed by atoms with Gasteiger partial charge in [-0.1, -0.05) is 36.3 Å². The highest BCUT2D eigenvalue weighted by atomic mass is 19.1. The normalized spacial score (nSPS) is 10.8. The van der Waals surface area contributed by atoms with Gasteiger partial charge in [-0.2, -0.15) is 4.98 Å². The summed E-state index contributed by atoms with van der Waals surface area (Å²) >= 11 is 0. The average Bonchev–Trinajstić information content (AvgIpc) is 2.97. The molecule has 3 aromatic rings. The second-order valence-electron chi connectivity index (χ2n) is 4.71. The van der Waals surface area contributed by atoms with Gasteiger partial charge in [0.05, 0.1) is 5.56 Å². The van der Waals surface area contributed by atoms with Crippen LogP contribution < -0.4 is 5.73 Å². The number of rotatable bonds is 3. The summed E-state index contributed by atoms with van der Waals surface area (Å²) in [5, 5.41) is 3.90.